The van der Waals surface area contributed by atoms with Crippen molar-refractivity contribution in [3.63, 3.8) is 0 Å². The molecule has 1 aromatic carbocycles. The lowest BCUT2D eigenvalue weighted by molar-refractivity contribution is -0.121. The lowest BCUT2D eigenvalue weighted by atomic mass is 9.96. The number of anilines is 1. The number of imide groups is 1. The standard InChI is InChI=1S/C13H14Cl2N2O2/c1-3-4-13(2)11(18)17(12(19)16-13)10-6-8(14)5-9(15)7-10/h5-7H,3-4H2,1-2H3,(H,16,19). The largest absolute Gasteiger partial charge is 0.329 e. The maximum absolute atomic E-state index is 12.4. The van der Waals surface area contributed by atoms with Crippen molar-refractivity contribution in [2.24, 2.45) is 0 Å². The van der Waals surface area contributed by atoms with Crippen molar-refractivity contribution in [2.75, 3.05) is 4.90 Å². The fourth-order valence-electron chi connectivity index (χ4n) is 2.26. The molecule has 0 aliphatic carbocycles. The summed E-state index contributed by atoms with van der Waals surface area (Å²) in [5.41, 5.74) is -0.472. The van der Waals surface area contributed by atoms with Gasteiger partial charge < -0.3 is 5.32 Å². The SMILES string of the molecule is CCCC1(C)NC(=O)N(c2cc(Cl)cc(Cl)c2)C1=O. The summed E-state index contributed by atoms with van der Waals surface area (Å²) >= 11 is 11.8. The average molecular weight is 301 g/mol. The third-order valence-corrected chi connectivity index (χ3v) is 3.55. The second kappa shape index (κ2) is 5.02. The fraction of sp³-hybridized carbons (Fsp3) is 0.385. The molecule has 0 aromatic heterocycles. The van der Waals surface area contributed by atoms with Gasteiger partial charge in [0.15, 0.2) is 0 Å². The summed E-state index contributed by atoms with van der Waals surface area (Å²) in [4.78, 5) is 25.5. The van der Waals surface area contributed by atoms with E-state index in [9.17, 15) is 9.59 Å². The van der Waals surface area contributed by atoms with Crippen LogP contribution in [-0.2, 0) is 4.79 Å². The number of carbonyl (C=O) groups is 2. The first-order chi connectivity index (χ1) is 8.87. The number of benzene rings is 1. The quantitative estimate of drug-likeness (QED) is 0.867. The van der Waals surface area contributed by atoms with E-state index >= 15 is 0 Å². The average Bonchev–Trinajstić information content (AvgIpc) is 2.48. The molecular weight excluding hydrogens is 287 g/mol. The second-order valence-corrected chi connectivity index (χ2v) is 5.65. The molecule has 1 fully saturated rings. The van der Waals surface area contributed by atoms with E-state index < -0.39 is 11.6 Å². The minimum atomic E-state index is -0.860. The molecule has 1 N–H and O–H groups in total. The van der Waals surface area contributed by atoms with Crippen LogP contribution in [0.4, 0.5) is 10.5 Å². The van der Waals surface area contributed by atoms with Crippen molar-refractivity contribution >= 4 is 40.8 Å². The van der Waals surface area contributed by atoms with E-state index in [1.54, 1.807) is 25.1 Å². The smallest absolute Gasteiger partial charge is 0.323 e. The van der Waals surface area contributed by atoms with Gasteiger partial charge >= 0.3 is 6.03 Å². The number of halogens is 2. The lowest BCUT2D eigenvalue weighted by Gasteiger charge is -2.20. The molecule has 6 heteroatoms. The Bertz CT molecular complexity index is 527. The van der Waals surface area contributed by atoms with Crippen molar-refractivity contribution in [3.05, 3.63) is 28.2 Å². The molecule has 0 bridgehead atoms. The summed E-state index contributed by atoms with van der Waals surface area (Å²) in [6, 6.07) is 4.20. The lowest BCUT2D eigenvalue weighted by Crippen LogP contribution is -2.43. The predicted molar refractivity (Wildman–Crippen MR) is 75.8 cm³/mol. The van der Waals surface area contributed by atoms with E-state index in [2.05, 4.69) is 5.32 Å². The highest BCUT2D eigenvalue weighted by molar-refractivity contribution is 6.35. The zero-order valence-electron chi connectivity index (χ0n) is 10.7. The Morgan fingerprint density at radius 1 is 1.21 bits per heavy atom. The van der Waals surface area contributed by atoms with Crippen LogP contribution in [0, 0.1) is 0 Å². The molecule has 0 saturated carbocycles. The first kappa shape index (κ1) is 14.2. The molecule has 1 aromatic rings. The van der Waals surface area contributed by atoms with Crippen molar-refractivity contribution in [2.45, 2.75) is 32.2 Å². The monoisotopic (exact) mass is 300 g/mol. The van der Waals surface area contributed by atoms with Gasteiger partial charge in [-0.3, -0.25) is 4.79 Å². The number of carbonyl (C=O) groups excluding carboxylic acids is 2. The molecule has 1 aliphatic rings. The molecule has 102 valence electrons. The predicted octanol–water partition coefficient (Wildman–Crippen LogP) is 3.61. The number of hydrogen-bond donors (Lipinski definition) is 1. The van der Waals surface area contributed by atoms with Crippen LogP contribution >= 0.6 is 23.2 Å². The van der Waals surface area contributed by atoms with Crippen molar-refractivity contribution < 1.29 is 9.59 Å². The minimum absolute atomic E-state index is 0.280. The van der Waals surface area contributed by atoms with E-state index in [0.29, 0.717) is 22.2 Å². The molecule has 19 heavy (non-hydrogen) atoms. The van der Waals surface area contributed by atoms with Crippen molar-refractivity contribution in [1.82, 2.24) is 5.32 Å². The van der Waals surface area contributed by atoms with Crippen LogP contribution in [0.15, 0.2) is 18.2 Å². The number of rotatable bonds is 3. The molecule has 4 nitrogen and oxygen atoms in total. The summed E-state index contributed by atoms with van der Waals surface area (Å²) < 4.78 is 0. The Balaban J connectivity index is 2.40. The van der Waals surface area contributed by atoms with Crippen LogP contribution in [-0.4, -0.2) is 17.5 Å². The number of amides is 3. The molecule has 1 saturated heterocycles. The second-order valence-electron chi connectivity index (χ2n) is 4.78. The van der Waals surface area contributed by atoms with Crippen LogP contribution in [0.2, 0.25) is 10.0 Å². The topological polar surface area (TPSA) is 49.4 Å². The number of nitrogens with one attached hydrogen (secondary N) is 1. The Kier molecular flexibility index (Phi) is 3.74. The Labute approximate surface area is 121 Å². The first-order valence-electron chi connectivity index (χ1n) is 6.00. The zero-order chi connectivity index (χ0) is 14.2. The molecular formula is C13H14Cl2N2O2. The third-order valence-electron chi connectivity index (χ3n) is 3.12. The van der Waals surface area contributed by atoms with E-state index in [0.717, 1.165) is 11.3 Å². The van der Waals surface area contributed by atoms with E-state index in [4.69, 9.17) is 23.2 Å². The maximum atomic E-state index is 12.4. The summed E-state index contributed by atoms with van der Waals surface area (Å²) in [6.45, 7) is 3.69. The van der Waals surface area contributed by atoms with E-state index in [1.165, 1.54) is 0 Å². The molecule has 1 atom stereocenters. The summed E-state index contributed by atoms with van der Waals surface area (Å²) in [6.07, 6.45) is 1.38. The highest BCUT2D eigenvalue weighted by Gasteiger charge is 2.47. The van der Waals surface area contributed by atoms with Gasteiger partial charge in [0, 0.05) is 10.0 Å². The van der Waals surface area contributed by atoms with Gasteiger partial charge in [-0.05, 0) is 31.5 Å². The number of nitrogens with zero attached hydrogens (tertiary/aromatic N) is 1. The fourth-order valence-corrected chi connectivity index (χ4v) is 2.77. The van der Waals surface area contributed by atoms with Crippen LogP contribution < -0.4 is 10.2 Å². The molecule has 3 amide bonds. The van der Waals surface area contributed by atoms with Crippen LogP contribution in [0.5, 0.6) is 0 Å². The highest BCUT2D eigenvalue weighted by Crippen LogP contribution is 2.31. The number of hydrogen-bond acceptors (Lipinski definition) is 2. The molecule has 1 heterocycles. The molecule has 1 aliphatic heterocycles. The van der Waals surface area contributed by atoms with Crippen molar-refractivity contribution in [1.29, 1.82) is 0 Å². The maximum Gasteiger partial charge on any atom is 0.329 e. The van der Waals surface area contributed by atoms with E-state index in [1.807, 2.05) is 6.92 Å². The van der Waals surface area contributed by atoms with Gasteiger partial charge in [0.2, 0.25) is 0 Å². The van der Waals surface area contributed by atoms with Crippen LogP contribution in [0.25, 0.3) is 0 Å². The third kappa shape index (κ3) is 2.55. The molecule has 0 spiro atoms. The van der Waals surface area contributed by atoms with Crippen molar-refractivity contribution in [3.8, 4) is 0 Å². The molecule has 0 radical (unpaired) electrons. The zero-order valence-corrected chi connectivity index (χ0v) is 12.2. The summed E-state index contributed by atoms with van der Waals surface area (Å²) in [7, 11) is 0. The minimum Gasteiger partial charge on any atom is -0.323 e. The van der Waals surface area contributed by atoms with Gasteiger partial charge in [-0.25, -0.2) is 9.69 Å². The van der Waals surface area contributed by atoms with Gasteiger partial charge in [0.05, 0.1) is 5.69 Å². The first-order valence-corrected chi connectivity index (χ1v) is 6.76. The number of urea groups is 1. The summed E-state index contributed by atoms with van der Waals surface area (Å²) in [5.74, 6) is -0.280. The molecule has 2 rings (SSSR count). The Morgan fingerprint density at radius 3 is 2.32 bits per heavy atom. The van der Waals surface area contributed by atoms with Gasteiger partial charge in [0.25, 0.3) is 5.91 Å². The normalized spacial score (nSPS) is 22.8. The summed E-state index contributed by atoms with van der Waals surface area (Å²) in [5, 5.41) is 3.48. The van der Waals surface area contributed by atoms with Gasteiger partial charge in [-0.1, -0.05) is 36.5 Å². The highest BCUT2D eigenvalue weighted by atomic mass is 35.5. The Hall–Kier alpha value is -1.26. The Morgan fingerprint density at radius 2 is 1.79 bits per heavy atom. The van der Waals surface area contributed by atoms with Crippen LogP contribution in [0.1, 0.15) is 26.7 Å². The van der Waals surface area contributed by atoms with Gasteiger partial charge in [0.1, 0.15) is 5.54 Å². The van der Waals surface area contributed by atoms with Gasteiger partial charge in [-0.15, -0.1) is 0 Å². The molecule has 1 unspecified atom stereocenters. The van der Waals surface area contributed by atoms with Gasteiger partial charge in [-0.2, -0.15) is 0 Å². The van der Waals surface area contributed by atoms with Crippen LogP contribution in [0.3, 0.4) is 0 Å². The van der Waals surface area contributed by atoms with E-state index in [-0.39, 0.29) is 5.91 Å².